The molecule has 1 aromatic rings. The van der Waals surface area contributed by atoms with E-state index in [4.69, 9.17) is 0 Å². The van der Waals surface area contributed by atoms with Gasteiger partial charge in [-0.1, -0.05) is 39.7 Å². The zero-order chi connectivity index (χ0) is 25.5. The number of nitrogens with one attached hydrogen (secondary N) is 2. The minimum absolute atomic E-state index is 0.146. The van der Waals surface area contributed by atoms with Crippen LogP contribution in [0.1, 0.15) is 70.8 Å². The monoisotopic (exact) mass is 488 g/mol. The summed E-state index contributed by atoms with van der Waals surface area (Å²) in [6.07, 6.45) is 5.04. The Labute approximate surface area is 208 Å². The molecule has 0 bridgehead atoms. The van der Waals surface area contributed by atoms with Crippen LogP contribution in [0.4, 0.5) is 10.1 Å². The third-order valence-electron chi connectivity index (χ3n) is 7.62. The highest BCUT2D eigenvalue weighted by atomic mass is 19.1. The van der Waals surface area contributed by atoms with E-state index in [2.05, 4.69) is 22.5 Å². The Hall–Kier alpha value is -2.48. The van der Waals surface area contributed by atoms with Crippen LogP contribution in [0.25, 0.3) is 0 Å². The minimum atomic E-state index is -0.778. The Morgan fingerprint density at radius 1 is 1.06 bits per heavy atom. The predicted molar refractivity (Wildman–Crippen MR) is 135 cm³/mol. The lowest BCUT2D eigenvalue weighted by Crippen LogP contribution is -2.55. The molecule has 3 rings (SSSR count). The lowest BCUT2D eigenvalue weighted by Gasteiger charge is -2.36. The third kappa shape index (κ3) is 7.50. The first kappa shape index (κ1) is 27.1. The molecule has 2 atom stereocenters. The molecule has 1 heterocycles. The molecule has 2 aliphatic rings. The summed E-state index contributed by atoms with van der Waals surface area (Å²) in [6, 6.07) is 3.87. The molecule has 3 amide bonds. The van der Waals surface area contributed by atoms with Crippen molar-refractivity contribution in [2.45, 2.75) is 71.3 Å². The number of anilines is 1. The molecular formula is C27H41FN4O3. The zero-order valence-electron chi connectivity index (χ0n) is 21.6. The van der Waals surface area contributed by atoms with Crippen molar-refractivity contribution < 1.29 is 18.8 Å². The molecule has 0 radical (unpaired) electrons. The van der Waals surface area contributed by atoms with Gasteiger partial charge in [-0.2, -0.15) is 0 Å². The summed E-state index contributed by atoms with van der Waals surface area (Å²) >= 11 is 0. The fraction of sp³-hybridized carbons (Fsp3) is 0.667. The molecular weight excluding hydrogens is 447 g/mol. The van der Waals surface area contributed by atoms with Crippen molar-refractivity contribution in [2.24, 2.45) is 11.8 Å². The van der Waals surface area contributed by atoms with Gasteiger partial charge in [-0.05, 0) is 49.4 Å². The SMILES string of the molecule is CCC(=O)N[C@@H](C(=O)N1CCN(C)CC1)[C@@H](C)c1ccc(NC(=O)CC2CCC(C)CC2)c(F)c1. The molecule has 1 aliphatic carbocycles. The molecule has 1 saturated heterocycles. The largest absolute Gasteiger partial charge is 0.344 e. The standard InChI is InChI=1S/C27H41FN4O3/c1-5-24(33)30-26(27(35)32-14-12-31(4)13-15-32)19(3)21-10-11-23(22(28)17-21)29-25(34)16-20-8-6-18(2)7-9-20/h10-11,17-20,26H,5-9,12-16H2,1-4H3,(H,29,34)(H,30,33)/t18?,19-,20?,26+/m0/s1. The molecule has 2 N–H and O–H groups in total. The first-order chi connectivity index (χ1) is 16.7. The molecule has 1 aromatic carbocycles. The van der Waals surface area contributed by atoms with E-state index in [-0.39, 0.29) is 29.8 Å². The summed E-state index contributed by atoms with van der Waals surface area (Å²) in [4.78, 5) is 42.0. The molecule has 1 aliphatic heterocycles. The van der Waals surface area contributed by atoms with E-state index >= 15 is 0 Å². The second-order valence-corrected chi connectivity index (χ2v) is 10.4. The van der Waals surface area contributed by atoms with Crippen molar-refractivity contribution >= 4 is 23.4 Å². The van der Waals surface area contributed by atoms with Crippen molar-refractivity contribution in [2.75, 3.05) is 38.5 Å². The van der Waals surface area contributed by atoms with E-state index in [0.29, 0.717) is 31.0 Å². The molecule has 194 valence electrons. The predicted octanol–water partition coefficient (Wildman–Crippen LogP) is 3.75. The van der Waals surface area contributed by atoms with Gasteiger partial charge < -0.3 is 20.4 Å². The summed E-state index contributed by atoms with van der Waals surface area (Å²) in [6.45, 7) is 8.55. The van der Waals surface area contributed by atoms with Crippen LogP contribution in [0.2, 0.25) is 0 Å². The van der Waals surface area contributed by atoms with Crippen molar-refractivity contribution in [3.63, 3.8) is 0 Å². The van der Waals surface area contributed by atoms with Gasteiger partial charge in [0.15, 0.2) is 0 Å². The van der Waals surface area contributed by atoms with E-state index in [9.17, 15) is 18.8 Å². The Bertz CT molecular complexity index is 892. The number of hydrogen-bond acceptors (Lipinski definition) is 4. The third-order valence-corrected chi connectivity index (χ3v) is 7.62. The van der Waals surface area contributed by atoms with Gasteiger partial charge in [-0.25, -0.2) is 4.39 Å². The molecule has 8 heteroatoms. The van der Waals surface area contributed by atoms with Gasteiger partial charge >= 0.3 is 0 Å². The van der Waals surface area contributed by atoms with Gasteiger partial charge in [0, 0.05) is 44.9 Å². The lowest BCUT2D eigenvalue weighted by atomic mass is 9.81. The van der Waals surface area contributed by atoms with E-state index in [1.165, 1.54) is 6.07 Å². The highest BCUT2D eigenvalue weighted by Crippen LogP contribution is 2.31. The molecule has 0 aromatic heterocycles. The van der Waals surface area contributed by atoms with Gasteiger partial charge in [-0.15, -0.1) is 0 Å². The second-order valence-electron chi connectivity index (χ2n) is 10.4. The van der Waals surface area contributed by atoms with Crippen LogP contribution in [0, 0.1) is 17.7 Å². The van der Waals surface area contributed by atoms with Crippen molar-refractivity contribution in [3.05, 3.63) is 29.6 Å². The van der Waals surface area contributed by atoms with Crippen LogP contribution in [0.5, 0.6) is 0 Å². The Morgan fingerprint density at radius 3 is 2.31 bits per heavy atom. The number of piperazine rings is 1. The number of nitrogens with zero attached hydrogens (tertiary/aromatic N) is 2. The number of amides is 3. The topological polar surface area (TPSA) is 81.8 Å². The summed E-state index contributed by atoms with van der Waals surface area (Å²) in [5.74, 6) is -0.415. The average molecular weight is 489 g/mol. The number of halogens is 1. The molecule has 0 unspecified atom stereocenters. The first-order valence-electron chi connectivity index (χ1n) is 13.0. The fourth-order valence-electron chi connectivity index (χ4n) is 5.00. The van der Waals surface area contributed by atoms with Crippen LogP contribution in [-0.2, 0) is 14.4 Å². The van der Waals surface area contributed by atoms with Crippen molar-refractivity contribution in [1.82, 2.24) is 15.1 Å². The van der Waals surface area contributed by atoms with Crippen LogP contribution in [-0.4, -0.2) is 66.8 Å². The first-order valence-corrected chi connectivity index (χ1v) is 13.0. The van der Waals surface area contributed by atoms with Gasteiger partial charge in [-0.3, -0.25) is 14.4 Å². The summed E-state index contributed by atoms with van der Waals surface area (Å²) < 4.78 is 15.0. The number of carbonyl (C=O) groups is 3. The maximum atomic E-state index is 15.0. The summed E-state index contributed by atoms with van der Waals surface area (Å²) in [5, 5.41) is 5.57. The molecule has 7 nitrogen and oxygen atoms in total. The average Bonchev–Trinajstić information content (AvgIpc) is 2.84. The Morgan fingerprint density at radius 2 is 1.71 bits per heavy atom. The Balaban J connectivity index is 1.67. The molecule has 1 saturated carbocycles. The Kier molecular flexibility index (Phi) is 9.66. The molecule has 2 fully saturated rings. The fourth-order valence-corrected chi connectivity index (χ4v) is 5.00. The lowest BCUT2D eigenvalue weighted by molar-refractivity contribution is -0.138. The smallest absolute Gasteiger partial charge is 0.245 e. The zero-order valence-corrected chi connectivity index (χ0v) is 21.6. The number of benzene rings is 1. The summed E-state index contributed by atoms with van der Waals surface area (Å²) in [5.41, 5.74) is 0.750. The van der Waals surface area contributed by atoms with Gasteiger partial charge in [0.25, 0.3) is 0 Å². The van der Waals surface area contributed by atoms with Gasteiger partial charge in [0.05, 0.1) is 5.69 Å². The van der Waals surface area contributed by atoms with E-state index < -0.39 is 17.8 Å². The van der Waals surface area contributed by atoms with Crippen molar-refractivity contribution in [3.8, 4) is 0 Å². The number of likely N-dealkylation sites (N-methyl/N-ethyl adjacent to an activating group) is 1. The normalized spacial score (nSPS) is 22.8. The van der Waals surface area contributed by atoms with Crippen molar-refractivity contribution in [1.29, 1.82) is 0 Å². The summed E-state index contributed by atoms with van der Waals surface area (Å²) in [7, 11) is 2.01. The highest BCUT2D eigenvalue weighted by Gasteiger charge is 2.33. The quantitative estimate of drug-likeness (QED) is 0.584. The van der Waals surface area contributed by atoms with Crippen LogP contribution in [0.15, 0.2) is 18.2 Å². The number of rotatable bonds is 8. The molecule has 0 spiro atoms. The van der Waals surface area contributed by atoms with Crippen LogP contribution < -0.4 is 10.6 Å². The maximum absolute atomic E-state index is 15.0. The minimum Gasteiger partial charge on any atom is -0.344 e. The second kappa shape index (κ2) is 12.5. The van der Waals surface area contributed by atoms with E-state index in [1.807, 2.05) is 14.0 Å². The number of carbonyl (C=O) groups excluding carboxylic acids is 3. The van der Waals surface area contributed by atoms with Gasteiger partial charge in [0.2, 0.25) is 17.7 Å². The van der Waals surface area contributed by atoms with Crippen LogP contribution in [0.3, 0.4) is 0 Å². The van der Waals surface area contributed by atoms with E-state index in [0.717, 1.165) is 44.7 Å². The van der Waals surface area contributed by atoms with E-state index in [1.54, 1.807) is 24.0 Å². The highest BCUT2D eigenvalue weighted by molar-refractivity contribution is 5.91. The molecule has 35 heavy (non-hydrogen) atoms. The van der Waals surface area contributed by atoms with Crippen LogP contribution >= 0.6 is 0 Å². The maximum Gasteiger partial charge on any atom is 0.245 e. The number of hydrogen-bond donors (Lipinski definition) is 2. The van der Waals surface area contributed by atoms with Gasteiger partial charge in [0.1, 0.15) is 11.9 Å².